The third kappa shape index (κ3) is 4.00. The van der Waals surface area contributed by atoms with Crippen molar-refractivity contribution in [3.05, 3.63) is 29.3 Å². The first kappa shape index (κ1) is 17.2. The Morgan fingerprint density at radius 1 is 1.23 bits per heavy atom. The van der Waals surface area contributed by atoms with E-state index in [9.17, 15) is 13.2 Å². The second-order valence-electron chi connectivity index (χ2n) is 5.80. The lowest BCUT2D eigenvalue weighted by molar-refractivity contribution is -0.124. The summed E-state index contributed by atoms with van der Waals surface area (Å²) in [7, 11) is -3.49. The molecule has 122 valence electrons. The van der Waals surface area contributed by atoms with Gasteiger partial charge in [-0.25, -0.2) is 8.42 Å². The Bertz CT molecular complexity index is 621. The van der Waals surface area contributed by atoms with Gasteiger partial charge in [-0.1, -0.05) is 25.4 Å². The van der Waals surface area contributed by atoms with Gasteiger partial charge >= 0.3 is 0 Å². The number of halogens is 1. The van der Waals surface area contributed by atoms with Gasteiger partial charge in [-0.05, 0) is 37.1 Å². The molecule has 22 heavy (non-hydrogen) atoms. The number of carbonyl (C=O) groups is 1. The van der Waals surface area contributed by atoms with Crippen LogP contribution in [0.3, 0.4) is 0 Å². The van der Waals surface area contributed by atoms with Gasteiger partial charge in [-0.15, -0.1) is 0 Å². The van der Waals surface area contributed by atoms with Crippen molar-refractivity contribution in [2.45, 2.75) is 37.6 Å². The molecule has 0 aromatic heterocycles. The van der Waals surface area contributed by atoms with Crippen LogP contribution < -0.4 is 5.32 Å². The van der Waals surface area contributed by atoms with E-state index in [4.69, 9.17) is 11.6 Å². The summed E-state index contributed by atoms with van der Waals surface area (Å²) in [6.45, 7) is 4.51. The SMILES string of the molecule is CC(C)C(=O)NC1CCN(S(=O)(=O)c2ccc(Cl)cc2)CC1. The number of carbonyl (C=O) groups excluding carboxylic acids is 1. The second kappa shape index (κ2) is 6.98. The van der Waals surface area contributed by atoms with Gasteiger partial charge in [0.05, 0.1) is 4.90 Å². The molecule has 0 unspecified atom stereocenters. The standard InChI is InChI=1S/C15H21ClN2O3S/c1-11(2)15(19)17-13-7-9-18(10-8-13)22(20,21)14-5-3-12(16)4-6-14/h3-6,11,13H,7-10H2,1-2H3,(H,17,19). The van der Waals surface area contributed by atoms with Gasteiger partial charge < -0.3 is 5.32 Å². The Labute approximate surface area is 136 Å². The topological polar surface area (TPSA) is 66.5 Å². The fourth-order valence-corrected chi connectivity index (χ4v) is 3.96. The summed E-state index contributed by atoms with van der Waals surface area (Å²) in [6, 6.07) is 6.23. The minimum atomic E-state index is -3.49. The number of hydrogen-bond donors (Lipinski definition) is 1. The minimum Gasteiger partial charge on any atom is -0.353 e. The number of amides is 1. The molecule has 1 N–H and O–H groups in total. The molecule has 1 aliphatic rings. The maximum absolute atomic E-state index is 12.5. The first-order valence-electron chi connectivity index (χ1n) is 7.37. The van der Waals surface area contributed by atoms with E-state index in [1.54, 1.807) is 12.1 Å². The Kier molecular flexibility index (Phi) is 5.47. The second-order valence-corrected chi connectivity index (χ2v) is 8.17. The van der Waals surface area contributed by atoms with Gasteiger partial charge in [0.1, 0.15) is 0 Å². The molecule has 1 aliphatic heterocycles. The molecule has 1 heterocycles. The quantitative estimate of drug-likeness (QED) is 0.911. The monoisotopic (exact) mass is 344 g/mol. The van der Waals surface area contributed by atoms with E-state index in [1.165, 1.54) is 16.4 Å². The number of sulfonamides is 1. The molecule has 0 aliphatic carbocycles. The fraction of sp³-hybridized carbons (Fsp3) is 0.533. The molecule has 0 radical (unpaired) electrons. The van der Waals surface area contributed by atoms with Crippen molar-refractivity contribution >= 4 is 27.5 Å². The zero-order valence-corrected chi connectivity index (χ0v) is 14.3. The normalized spacial score (nSPS) is 17.6. The van der Waals surface area contributed by atoms with Crippen LogP contribution in [0.1, 0.15) is 26.7 Å². The summed E-state index contributed by atoms with van der Waals surface area (Å²) in [5.74, 6) is -0.0464. The van der Waals surface area contributed by atoms with E-state index in [2.05, 4.69) is 5.32 Å². The first-order chi connectivity index (χ1) is 10.3. The lowest BCUT2D eigenvalue weighted by Crippen LogP contribution is -2.47. The summed E-state index contributed by atoms with van der Waals surface area (Å²) in [5.41, 5.74) is 0. The maximum Gasteiger partial charge on any atom is 0.243 e. The van der Waals surface area contributed by atoms with Crippen molar-refractivity contribution in [1.29, 1.82) is 0 Å². The molecule has 0 spiro atoms. The third-order valence-electron chi connectivity index (χ3n) is 3.78. The number of rotatable bonds is 4. The van der Waals surface area contributed by atoms with Crippen LogP contribution in [0.4, 0.5) is 0 Å². The molecule has 1 aromatic carbocycles. The molecule has 2 rings (SSSR count). The lowest BCUT2D eigenvalue weighted by Gasteiger charge is -2.32. The predicted molar refractivity (Wildman–Crippen MR) is 86.2 cm³/mol. The Morgan fingerprint density at radius 3 is 2.27 bits per heavy atom. The third-order valence-corrected chi connectivity index (χ3v) is 5.94. The summed E-state index contributed by atoms with van der Waals surface area (Å²) < 4.78 is 26.5. The van der Waals surface area contributed by atoms with Gasteiger partial charge in [0.15, 0.2) is 0 Å². The zero-order valence-electron chi connectivity index (χ0n) is 12.8. The van der Waals surface area contributed by atoms with E-state index >= 15 is 0 Å². The van der Waals surface area contributed by atoms with Gasteiger partial charge in [0.25, 0.3) is 0 Å². The largest absolute Gasteiger partial charge is 0.353 e. The van der Waals surface area contributed by atoms with Crippen LogP contribution in [0.5, 0.6) is 0 Å². The van der Waals surface area contributed by atoms with Crippen LogP contribution in [0.15, 0.2) is 29.2 Å². The van der Waals surface area contributed by atoms with E-state index in [1.807, 2.05) is 13.8 Å². The van der Waals surface area contributed by atoms with Crippen molar-refractivity contribution in [3.63, 3.8) is 0 Å². The Balaban J connectivity index is 1.99. The molecule has 5 nitrogen and oxygen atoms in total. The number of nitrogens with one attached hydrogen (secondary N) is 1. The van der Waals surface area contributed by atoms with Gasteiger partial charge in [0.2, 0.25) is 15.9 Å². The van der Waals surface area contributed by atoms with Crippen LogP contribution in [-0.4, -0.2) is 37.8 Å². The highest BCUT2D eigenvalue weighted by Gasteiger charge is 2.30. The average molecular weight is 345 g/mol. The smallest absolute Gasteiger partial charge is 0.243 e. The Hall–Kier alpha value is -1.11. The average Bonchev–Trinajstić information content (AvgIpc) is 2.48. The van der Waals surface area contributed by atoms with E-state index in [0.29, 0.717) is 31.0 Å². The van der Waals surface area contributed by atoms with Crippen molar-refractivity contribution in [2.75, 3.05) is 13.1 Å². The van der Waals surface area contributed by atoms with E-state index in [0.717, 1.165) is 0 Å². The van der Waals surface area contributed by atoms with Crippen molar-refractivity contribution in [1.82, 2.24) is 9.62 Å². The molecule has 1 fully saturated rings. The highest BCUT2D eigenvalue weighted by Crippen LogP contribution is 2.22. The summed E-state index contributed by atoms with van der Waals surface area (Å²) in [6.07, 6.45) is 1.26. The molecule has 0 atom stereocenters. The molecular weight excluding hydrogens is 324 g/mol. The predicted octanol–water partition coefficient (Wildman–Crippen LogP) is 2.27. The summed E-state index contributed by atoms with van der Waals surface area (Å²) in [4.78, 5) is 11.9. The summed E-state index contributed by atoms with van der Waals surface area (Å²) in [5, 5.41) is 3.47. The first-order valence-corrected chi connectivity index (χ1v) is 9.18. The number of benzene rings is 1. The molecule has 1 amide bonds. The molecule has 1 aromatic rings. The van der Waals surface area contributed by atoms with E-state index in [-0.39, 0.29) is 22.8 Å². The van der Waals surface area contributed by atoms with Crippen molar-refractivity contribution in [2.24, 2.45) is 5.92 Å². The van der Waals surface area contributed by atoms with Crippen molar-refractivity contribution < 1.29 is 13.2 Å². The molecule has 0 bridgehead atoms. The van der Waals surface area contributed by atoms with Crippen LogP contribution in [0.25, 0.3) is 0 Å². The zero-order chi connectivity index (χ0) is 16.3. The van der Waals surface area contributed by atoms with Crippen LogP contribution >= 0.6 is 11.6 Å². The molecule has 1 saturated heterocycles. The maximum atomic E-state index is 12.5. The van der Waals surface area contributed by atoms with Gasteiger partial charge in [0, 0.05) is 30.1 Å². The number of piperidine rings is 1. The summed E-state index contributed by atoms with van der Waals surface area (Å²) >= 11 is 5.79. The van der Waals surface area contributed by atoms with Gasteiger partial charge in [-0.3, -0.25) is 4.79 Å². The Morgan fingerprint density at radius 2 is 1.77 bits per heavy atom. The number of hydrogen-bond acceptors (Lipinski definition) is 3. The molecular formula is C15H21ClN2O3S. The number of nitrogens with zero attached hydrogens (tertiary/aromatic N) is 1. The van der Waals surface area contributed by atoms with E-state index < -0.39 is 10.0 Å². The van der Waals surface area contributed by atoms with Crippen molar-refractivity contribution in [3.8, 4) is 0 Å². The molecule has 0 saturated carbocycles. The van der Waals surface area contributed by atoms with Crippen LogP contribution in [0, 0.1) is 5.92 Å². The molecule has 7 heteroatoms. The minimum absolute atomic E-state index is 0.0130. The fourth-order valence-electron chi connectivity index (χ4n) is 2.36. The highest BCUT2D eigenvalue weighted by molar-refractivity contribution is 7.89. The van der Waals surface area contributed by atoms with Crippen LogP contribution in [0.2, 0.25) is 5.02 Å². The highest BCUT2D eigenvalue weighted by atomic mass is 35.5. The van der Waals surface area contributed by atoms with Gasteiger partial charge in [-0.2, -0.15) is 4.31 Å². The van der Waals surface area contributed by atoms with Crippen LogP contribution in [-0.2, 0) is 14.8 Å². The lowest BCUT2D eigenvalue weighted by atomic mass is 10.1.